The molecule has 1 aromatic rings. The van der Waals surface area contributed by atoms with Crippen molar-refractivity contribution < 1.29 is 23.1 Å². The number of aryl methyl sites for hydroxylation is 1. The number of aromatic hydroxyl groups is 1. The van der Waals surface area contributed by atoms with Crippen LogP contribution in [0.15, 0.2) is 12.1 Å². The van der Waals surface area contributed by atoms with Crippen molar-refractivity contribution in [2.24, 2.45) is 0 Å². The number of carbonyl (C=O) groups is 1. The summed E-state index contributed by atoms with van der Waals surface area (Å²) in [5, 5.41) is 9.26. The lowest BCUT2D eigenvalue weighted by Gasteiger charge is -2.12. The Kier molecular flexibility index (Phi) is 2.75. The quantitative estimate of drug-likeness (QED) is 0.736. The van der Waals surface area contributed by atoms with Gasteiger partial charge >= 0.3 is 6.18 Å². The van der Waals surface area contributed by atoms with E-state index in [1.165, 1.54) is 6.92 Å². The van der Waals surface area contributed by atoms with Gasteiger partial charge in [-0.05, 0) is 31.5 Å². The lowest BCUT2D eigenvalue weighted by molar-refractivity contribution is -0.138. The molecule has 1 aromatic carbocycles. The number of hydrogen-bond acceptors (Lipinski definition) is 2. The number of carbonyl (C=O) groups excluding carboxylic acids is 1. The lowest BCUT2D eigenvalue weighted by atomic mass is 10.0. The highest BCUT2D eigenvalue weighted by atomic mass is 19.4. The number of ketones is 1. The minimum atomic E-state index is -4.51. The third kappa shape index (κ3) is 2.29. The van der Waals surface area contributed by atoms with Crippen molar-refractivity contribution in [3.63, 3.8) is 0 Å². The van der Waals surface area contributed by atoms with E-state index in [1.54, 1.807) is 0 Å². The summed E-state index contributed by atoms with van der Waals surface area (Å²) in [6, 6.07) is 1.62. The summed E-state index contributed by atoms with van der Waals surface area (Å²) < 4.78 is 37.3. The van der Waals surface area contributed by atoms with Gasteiger partial charge in [0.1, 0.15) is 5.75 Å². The first-order chi connectivity index (χ1) is 6.73. The number of Topliss-reactive ketones (excluding diaryl/α,β-unsaturated/α-hetero) is 1. The Labute approximate surface area is 84.3 Å². The minimum Gasteiger partial charge on any atom is -0.507 e. The molecule has 0 aliphatic carbocycles. The summed E-state index contributed by atoms with van der Waals surface area (Å²) in [5.74, 6) is -1.02. The Hall–Kier alpha value is -1.52. The van der Waals surface area contributed by atoms with Crippen molar-refractivity contribution in [2.45, 2.75) is 20.0 Å². The van der Waals surface area contributed by atoms with Crippen LogP contribution in [0.4, 0.5) is 13.2 Å². The molecule has 2 nitrogen and oxygen atoms in total. The van der Waals surface area contributed by atoms with E-state index in [0.717, 1.165) is 13.0 Å². The molecule has 0 saturated heterocycles. The Bertz CT molecular complexity index is 408. The van der Waals surface area contributed by atoms with Crippen LogP contribution in [-0.2, 0) is 6.18 Å². The summed E-state index contributed by atoms with van der Waals surface area (Å²) in [5.41, 5.74) is -1.32. The van der Waals surface area contributed by atoms with Gasteiger partial charge in [0.05, 0.1) is 11.1 Å². The molecule has 15 heavy (non-hydrogen) atoms. The van der Waals surface area contributed by atoms with Gasteiger partial charge in [-0.3, -0.25) is 4.79 Å². The SMILES string of the molecule is CC(=O)c1cc(C(F)(F)F)c(C)cc1O. The van der Waals surface area contributed by atoms with Gasteiger partial charge in [-0.25, -0.2) is 0 Å². The smallest absolute Gasteiger partial charge is 0.416 e. The van der Waals surface area contributed by atoms with Crippen LogP contribution < -0.4 is 0 Å². The molecule has 0 fully saturated rings. The van der Waals surface area contributed by atoms with E-state index in [1.807, 2.05) is 0 Å². The van der Waals surface area contributed by atoms with Crippen molar-refractivity contribution in [1.82, 2.24) is 0 Å². The molecule has 1 N–H and O–H groups in total. The molecule has 5 heteroatoms. The molecule has 0 atom stereocenters. The van der Waals surface area contributed by atoms with Gasteiger partial charge in [-0.2, -0.15) is 13.2 Å². The van der Waals surface area contributed by atoms with Gasteiger partial charge < -0.3 is 5.11 Å². The predicted octanol–water partition coefficient (Wildman–Crippen LogP) is 2.92. The second-order valence-electron chi connectivity index (χ2n) is 3.24. The highest BCUT2D eigenvalue weighted by Crippen LogP contribution is 2.35. The molecule has 0 bridgehead atoms. The topological polar surface area (TPSA) is 37.3 Å². The number of rotatable bonds is 1. The highest BCUT2D eigenvalue weighted by molar-refractivity contribution is 5.97. The molecular weight excluding hydrogens is 209 g/mol. The molecule has 0 aliphatic rings. The Morgan fingerprint density at radius 3 is 2.27 bits per heavy atom. The fourth-order valence-corrected chi connectivity index (χ4v) is 1.28. The monoisotopic (exact) mass is 218 g/mol. The van der Waals surface area contributed by atoms with Gasteiger partial charge in [0, 0.05) is 0 Å². The first kappa shape index (κ1) is 11.6. The number of phenolic OH excluding ortho intramolecular Hbond substituents is 1. The number of phenols is 1. The largest absolute Gasteiger partial charge is 0.507 e. The number of alkyl halides is 3. The molecule has 1 rings (SSSR count). The zero-order valence-electron chi connectivity index (χ0n) is 8.14. The first-order valence-corrected chi connectivity index (χ1v) is 4.15. The average Bonchev–Trinajstić information content (AvgIpc) is 2.00. The molecule has 0 aromatic heterocycles. The van der Waals surface area contributed by atoms with Crippen molar-refractivity contribution in [1.29, 1.82) is 0 Å². The molecular formula is C10H9F3O2. The van der Waals surface area contributed by atoms with Crippen LogP contribution in [0.25, 0.3) is 0 Å². The van der Waals surface area contributed by atoms with E-state index < -0.39 is 23.3 Å². The molecule has 0 aliphatic heterocycles. The van der Waals surface area contributed by atoms with E-state index >= 15 is 0 Å². The Balaban J connectivity index is 3.43. The van der Waals surface area contributed by atoms with Crippen molar-refractivity contribution >= 4 is 5.78 Å². The molecule has 0 spiro atoms. The fraction of sp³-hybridized carbons (Fsp3) is 0.300. The molecule has 0 unspecified atom stereocenters. The van der Waals surface area contributed by atoms with Gasteiger partial charge in [0.15, 0.2) is 5.78 Å². The summed E-state index contributed by atoms with van der Waals surface area (Å²) in [7, 11) is 0. The predicted molar refractivity (Wildman–Crippen MR) is 47.9 cm³/mol. The maximum atomic E-state index is 12.4. The first-order valence-electron chi connectivity index (χ1n) is 4.15. The maximum Gasteiger partial charge on any atom is 0.416 e. The van der Waals surface area contributed by atoms with Gasteiger partial charge in [-0.1, -0.05) is 0 Å². The summed E-state index contributed by atoms with van der Waals surface area (Å²) in [6.45, 7) is 2.33. The Morgan fingerprint density at radius 2 is 1.87 bits per heavy atom. The van der Waals surface area contributed by atoms with E-state index in [2.05, 4.69) is 0 Å². The fourth-order valence-electron chi connectivity index (χ4n) is 1.28. The molecule has 0 saturated carbocycles. The number of hydrogen-bond donors (Lipinski definition) is 1. The van der Waals surface area contributed by atoms with Crippen LogP contribution in [0.3, 0.4) is 0 Å². The van der Waals surface area contributed by atoms with Crippen LogP contribution >= 0.6 is 0 Å². The molecule has 0 radical (unpaired) electrons. The van der Waals surface area contributed by atoms with Crippen molar-refractivity contribution in [3.05, 3.63) is 28.8 Å². The van der Waals surface area contributed by atoms with Crippen LogP contribution in [0.1, 0.15) is 28.4 Å². The lowest BCUT2D eigenvalue weighted by Crippen LogP contribution is -2.09. The third-order valence-corrected chi connectivity index (χ3v) is 2.03. The van der Waals surface area contributed by atoms with E-state index in [4.69, 9.17) is 0 Å². The summed E-state index contributed by atoms with van der Waals surface area (Å²) >= 11 is 0. The Morgan fingerprint density at radius 1 is 1.33 bits per heavy atom. The second-order valence-corrected chi connectivity index (χ2v) is 3.24. The van der Waals surface area contributed by atoms with Gasteiger partial charge in [0.25, 0.3) is 0 Å². The van der Waals surface area contributed by atoms with Crippen LogP contribution in [0.2, 0.25) is 0 Å². The normalized spacial score (nSPS) is 11.5. The van der Waals surface area contributed by atoms with Gasteiger partial charge in [-0.15, -0.1) is 0 Å². The van der Waals surface area contributed by atoms with Gasteiger partial charge in [0.2, 0.25) is 0 Å². The maximum absolute atomic E-state index is 12.4. The minimum absolute atomic E-state index is 0.106. The summed E-state index contributed by atoms with van der Waals surface area (Å²) in [6.07, 6.45) is -4.51. The van der Waals surface area contributed by atoms with Crippen molar-refractivity contribution in [2.75, 3.05) is 0 Å². The number of benzene rings is 1. The zero-order valence-corrected chi connectivity index (χ0v) is 8.14. The van der Waals surface area contributed by atoms with E-state index in [9.17, 15) is 23.1 Å². The molecule has 0 amide bonds. The molecule has 82 valence electrons. The number of halogens is 3. The highest BCUT2D eigenvalue weighted by Gasteiger charge is 2.33. The van der Waals surface area contributed by atoms with E-state index in [0.29, 0.717) is 6.07 Å². The van der Waals surface area contributed by atoms with Crippen LogP contribution in [-0.4, -0.2) is 10.9 Å². The van der Waals surface area contributed by atoms with Crippen LogP contribution in [0.5, 0.6) is 5.75 Å². The molecule has 0 heterocycles. The average molecular weight is 218 g/mol. The third-order valence-electron chi connectivity index (χ3n) is 2.03. The van der Waals surface area contributed by atoms with Crippen molar-refractivity contribution in [3.8, 4) is 5.75 Å². The zero-order chi connectivity index (χ0) is 11.8. The second kappa shape index (κ2) is 3.56. The van der Waals surface area contributed by atoms with E-state index in [-0.39, 0.29) is 11.1 Å². The summed E-state index contributed by atoms with van der Waals surface area (Å²) in [4.78, 5) is 10.9. The van der Waals surface area contributed by atoms with Crippen LogP contribution in [0, 0.1) is 6.92 Å². The standard InChI is InChI=1S/C10H9F3O2/c1-5-3-9(15)7(6(2)14)4-8(5)10(11,12)13/h3-4,15H,1-2H3.